The molecule has 29 heavy (non-hydrogen) atoms. The second-order valence-corrected chi connectivity index (χ2v) is 8.12. The molecule has 6 nitrogen and oxygen atoms in total. The Balaban J connectivity index is 1.27. The first-order chi connectivity index (χ1) is 14.1. The first-order valence-corrected chi connectivity index (χ1v) is 10.6. The van der Waals surface area contributed by atoms with Gasteiger partial charge in [0.15, 0.2) is 0 Å². The Morgan fingerprint density at radius 3 is 2.76 bits per heavy atom. The van der Waals surface area contributed by atoms with Crippen LogP contribution in [0.4, 0.5) is 0 Å². The zero-order valence-corrected chi connectivity index (χ0v) is 17.4. The van der Waals surface area contributed by atoms with Crippen LogP contribution < -0.4 is 4.74 Å². The Labute approximate surface area is 172 Å². The molecule has 3 heterocycles. The van der Waals surface area contributed by atoms with Gasteiger partial charge in [-0.15, -0.1) is 0 Å². The lowest BCUT2D eigenvalue weighted by Crippen LogP contribution is -2.37. The van der Waals surface area contributed by atoms with Crippen molar-refractivity contribution < 1.29 is 9.53 Å². The minimum Gasteiger partial charge on any atom is -0.492 e. The van der Waals surface area contributed by atoms with Crippen molar-refractivity contribution >= 4 is 5.91 Å². The molecule has 4 rings (SSSR count). The maximum atomic E-state index is 11.6. The quantitative estimate of drug-likeness (QED) is 0.780. The average molecular weight is 395 g/mol. The van der Waals surface area contributed by atoms with Crippen LogP contribution in [0.15, 0.2) is 30.5 Å². The maximum absolute atomic E-state index is 11.6. The summed E-state index contributed by atoms with van der Waals surface area (Å²) in [6, 6.07) is 8.17. The summed E-state index contributed by atoms with van der Waals surface area (Å²) >= 11 is 0. The van der Waals surface area contributed by atoms with Gasteiger partial charge in [0.1, 0.15) is 18.2 Å². The van der Waals surface area contributed by atoms with Crippen molar-refractivity contribution in [2.24, 2.45) is 0 Å². The van der Waals surface area contributed by atoms with Crippen molar-refractivity contribution in [1.29, 1.82) is 0 Å². The molecule has 6 heteroatoms. The smallest absolute Gasteiger partial charge is 0.219 e. The second-order valence-electron chi connectivity index (χ2n) is 8.12. The highest BCUT2D eigenvalue weighted by molar-refractivity contribution is 5.73. The minimum atomic E-state index is 0.124. The third kappa shape index (κ3) is 4.75. The Morgan fingerprint density at radius 1 is 1.21 bits per heavy atom. The van der Waals surface area contributed by atoms with E-state index in [-0.39, 0.29) is 5.91 Å². The van der Waals surface area contributed by atoms with Crippen molar-refractivity contribution in [2.45, 2.75) is 45.6 Å². The third-order valence-corrected chi connectivity index (χ3v) is 6.11. The van der Waals surface area contributed by atoms with Gasteiger partial charge in [0, 0.05) is 50.7 Å². The van der Waals surface area contributed by atoms with Gasteiger partial charge in [0.05, 0.1) is 5.69 Å². The molecule has 1 aromatic carbocycles. The van der Waals surface area contributed by atoms with Crippen LogP contribution in [0.2, 0.25) is 0 Å². The fourth-order valence-electron chi connectivity index (χ4n) is 4.21. The van der Waals surface area contributed by atoms with Gasteiger partial charge >= 0.3 is 0 Å². The highest BCUT2D eigenvalue weighted by Gasteiger charge is 2.25. The molecule has 0 radical (unpaired) electrons. The number of hydrogen-bond donors (Lipinski definition) is 0. The predicted molar refractivity (Wildman–Crippen MR) is 112 cm³/mol. The topological polar surface area (TPSA) is 58.6 Å². The van der Waals surface area contributed by atoms with Gasteiger partial charge in [-0.1, -0.05) is 18.2 Å². The van der Waals surface area contributed by atoms with Gasteiger partial charge in [-0.25, -0.2) is 9.97 Å². The van der Waals surface area contributed by atoms with E-state index < -0.39 is 0 Å². The predicted octanol–water partition coefficient (Wildman–Crippen LogP) is 2.95. The van der Waals surface area contributed by atoms with Crippen LogP contribution in [0.5, 0.6) is 5.75 Å². The number of aryl methyl sites for hydroxylation is 1. The number of carbonyl (C=O) groups excluding carboxylic acids is 1. The van der Waals surface area contributed by atoms with Crippen LogP contribution in [-0.2, 0) is 17.8 Å². The number of aromatic nitrogens is 2. The van der Waals surface area contributed by atoms with Crippen LogP contribution in [-0.4, -0.2) is 58.5 Å². The van der Waals surface area contributed by atoms with Gasteiger partial charge in [-0.3, -0.25) is 9.69 Å². The van der Waals surface area contributed by atoms with E-state index in [4.69, 9.17) is 9.72 Å². The van der Waals surface area contributed by atoms with Crippen molar-refractivity contribution in [2.75, 3.05) is 32.8 Å². The Kier molecular flexibility index (Phi) is 6.09. The van der Waals surface area contributed by atoms with E-state index >= 15 is 0 Å². The van der Waals surface area contributed by atoms with Crippen molar-refractivity contribution in [3.63, 3.8) is 0 Å². The largest absolute Gasteiger partial charge is 0.492 e. The van der Waals surface area contributed by atoms with Crippen LogP contribution >= 0.6 is 0 Å². The summed E-state index contributed by atoms with van der Waals surface area (Å²) < 4.78 is 5.94. The van der Waals surface area contributed by atoms with Crippen LogP contribution in [0.25, 0.3) is 0 Å². The highest BCUT2D eigenvalue weighted by atomic mass is 16.5. The normalized spacial score (nSPS) is 17.8. The molecule has 154 valence electrons. The van der Waals surface area contributed by atoms with Gasteiger partial charge in [-0.2, -0.15) is 0 Å². The standard InChI is InChI=1S/C23H30N4O2/c1-17-5-3-4-6-22(17)29-14-13-26-10-7-19(8-11-26)23-24-15-20-16-27(18(2)28)12-9-21(20)25-23/h3-6,15,19H,7-14,16H2,1-2H3. The molecule has 1 saturated heterocycles. The molecule has 1 aromatic heterocycles. The Hall–Kier alpha value is -2.47. The summed E-state index contributed by atoms with van der Waals surface area (Å²) in [5.74, 6) is 2.52. The van der Waals surface area contributed by atoms with Crippen LogP contribution in [0, 0.1) is 6.92 Å². The number of para-hydroxylation sites is 1. The van der Waals surface area contributed by atoms with Gasteiger partial charge in [0.25, 0.3) is 0 Å². The first kappa shape index (κ1) is 19.8. The molecule has 0 saturated carbocycles. The Morgan fingerprint density at radius 2 is 2.00 bits per heavy atom. The van der Waals surface area contributed by atoms with Crippen LogP contribution in [0.1, 0.15) is 48.3 Å². The number of hydrogen-bond acceptors (Lipinski definition) is 5. The van der Waals surface area contributed by atoms with E-state index in [9.17, 15) is 4.79 Å². The number of amides is 1. The average Bonchev–Trinajstić information content (AvgIpc) is 2.75. The summed E-state index contributed by atoms with van der Waals surface area (Å²) in [6.45, 7) is 8.89. The van der Waals surface area contributed by atoms with E-state index in [0.29, 0.717) is 12.5 Å². The lowest BCUT2D eigenvalue weighted by atomic mass is 9.95. The van der Waals surface area contributed by atoms with Crippen molar-refractivity contribution in [3.05, 3.63) is 53.1 Å². The monoisotopic (exact) mass is 394 g/mol. The summed E-state index contributed by atoms with van der Waals surface area (Å²) in [5.41, 5.74) is 3.41. The zero-order valence-electron chi connectivity index (χ0n) is 17.4. The van der Waals surface area contributed by atoms with E-state index in [1.54, 1.807) is 6.92 Å². The number of piperidine rings is 1. The molecule has 0 atom stereocenters. The highest BCUT2D eigenvalue weighted by Crippen LogP contribution is 2.27. The molecule has 1 fully saturated rings. The summed E-state index contributed by atoms with van der Waals surface area (Å²) in [7, 11) is 0. The van der Waals surface area contributed by atoms with E-state index in [1.165, 1.54) is 5.56 Å². The zero-order chi connectivity index (χ0) is 20.2. The summed E-state index contributed by atoms with van der Waals surface area (Å²) in [6.07, 6.45) is 4.94. The lowest BCUT2D eigenvalue weighted by molar-refractivity contribution is -0.129. The van der Waals surface area contributed by atoms with E-state index in [0.717, 1.165) is 74.9 Å². The molecular formula is C23H30N4O2. The van der Waals surface area contributed by atoms with Gasteiger partial charge in [0.2, 0.25) is 5.91 Å². The number of fused-ring (bicyclic) bond motifs is 1. The molecule has 0 spiro atoms. The van der Waals surface area contributed by atoms with Crippen molar-refractivity contribution in [1.82, 2.24) is 19.8 Å². The van der Waals surface area contributed by atoms with E-state index in [2.05, 4.69) is 22.9 Å². The SMILES string of the molecule is CC(=O)N1CCc2nc(C3CCN(CCOc4ccccc4C)CC3)ncc2C1. The third-order valence-electron chi connectivity index (χ3n) is 6.11. The number of carbonyl (C=O) groups is 1. The number of rotatable bonds is 5. The number of ether oxygens (including phenoxy) is 1. The number of nitrogens with zero attached hydrogens (tertiary/aromatic N) is 4. The van der Waals surface area contributed by atoms with E-state index in [1.807, 2.05) is 29.3 Å². The fourth-order valence-corrected chi connectivity index (χ4v) is 4.21. The molecule has 0 bridgehead atoms. The number of likely N-dealkylation sites (tertiary alicyclic amines) is 1. The minimum absolute atomic E-state index is 0.124. The molecule has 0 N–H and O–H groups in total. The fraction of sp³-hybridized carbons (Fsp3) is 0.522. The maximum Gasteiger partial charge on any atom is 0.219 e. The molecular weight excluding hydrogens is 364 g/mol. The summed E-state index contributed by atoms with van der Waals surface area (Å²) in [4.78, 5) is 25.5. The molecule has 2 aliphatic heterocycles. The number of benzene rings is 1. The molecule has 2 aromatic rings. The van der Waals surface area contributed by atoms with Crippen LogP contribution in [0.3, 0.4) is 0 Å². The summed E-state index contributed by atoms with van der Waals surface area (Å²) in [5, 5.41) is 0. The molecule has 0 unspecified atom stereocenters. The second kappa shape index (κ2) is 8.91. The lowest BCUT2D eigenvalue weighted by Gasteiger charge is -2.32. The molecule has 1 amide bonds. The molecule has 0 aliphatic carbocycles. The van der Waals surface area contributed by atoms with Gasteiger partial charge < -0.3 is 9.64 Å². The molecule has 2 aliphatic rings. The van der Waals surface area contributed by atoms with Gasteiger partial charge in [-0.05, 0) is 44.5 Å². The van der Waals surface area contributed by atoms with Crippen molar-refractivity contribution in [3.8, 4) is 5.75 Å². The Bertz CT molecular complexity index is 862. The first-order valence-electron chi connectivity index (χ1n) is 10.6.